The molecule has 0 aliphatic carbocycles. The molecule has 3 amide bonds. The normalized spacial score (nSPS) is 15.1. The number of hydrogen-bond donors (Lipinski definition) is 1. The standard InChI is InChI=1S/C21H33N3O3/c1-16(2)20(25)23-11-9-19(10-12-23)22-21(26)24(13-14-27-4)15-18-8-6-5-7-17(18)3/h5-8,16,19H,9-15H2,1-4H3,(H,22,26). The third-order valence-electron chi connectivity index (χ3n) is 5.10. The van der Waals surface area contributed by atoms with Gasteiger partial charge in [0.2, 0.25) is 5.91 Å². The lowest BCUT2D eigenvalue weighted by Crippen LogP contribution is -2.51. The Balaban J connectivity index is 1.92. The highest BCUT2D eigenvalue weighted by atomic mass is 16.5. The van der Waals surface area contributed by atoms with Crippen molar-refractivity contribution in [3.05, 3.63) is 35.4 Å². The molecule has 27 heavy (non-hydrogen) atoms. The van der Waals surface area contributed by atoms with Crippen LogP contribution < -0.4 is 5.32 Å². The number of carbonyl (C=O) groups excluding carboxylic acids is 2. The van der Waals surface area contributed by atoms with Crippen LogP contribution in [0.5, 0.6) is 0 Å². The van der Waals surface area contributed by atoms with Gasteiger partial charge in [0.1, 0.15) is 0 Å². The number of nitrogens with one attached hydrogen (secondary N) is 1. The number of aryl methyl sites for hydroxylation is 1. The van der Waals surface area contributed by atoms with Gasteiger partial charge in [-0.25, -0.2) is 4.79 Å². The predicted octanol–water partition coefficient (Wildman–Crippen LogP) is 2.80. The molecule has 0 atom stereocenters. The fourth-order valence-corrected chi connectivity index (χ4v) is 3.32. The molecule has 0 unspecified atom stereocenters. The summed E-state index contributed by atoms with van der Waals surface area (Å²) in [7, 11) is 1.64. The number of ether oxygens (including phenoxy) is 1. The summed E-state index contributed by atoms with van der Waals surface area (Å²) in [4.78, 5) is 28.6. The second-order valence-corrected chi connectivity index (χ2v) is 7.54. The Hall–Kier alpha value is -2.08. The molecule has 150 valence electrons. The van der Waals surface area contributed by atoms with Crippen LogP contribution in [0.1, 0.15) is 37.8 Å². The van der Waals surface area contributed by atoms with E-state index in [9.17, 15) is 9.59 Å². The van der Waals surface area contributed by atoms with Crippen molar-refractivity contribution in [1.82, 2.24) is 15.1 Å². The number of likely N-dealkylation sites (tertiary alicyclic amines) is 1. The Kier molecular flexibility index (Phi) is 8.10. The van der Waals surface area contributed by atoms with Gasteiger partial charge in [-0.05, 0) is 30.9 Å². The molecule has 0 aromatic heterocycles. The summed E-state index contributed by atoms with van der Waals surface area (Å²) in [5.41, 5.74) is 2.31. The van der Waals surface area contributed by atoms with Crippen molar-refractivity contribution in [3.63, 3.8) is 0 Å². The summed E-state index contributed by atoms with van der Waals surface area (Å²) >= 11 is 0. The minimum atomic E-state index is -0.0658. The van der Waals surface area contributed by atoms with Crippen molar-refractivity contribution in [2.75, 3.05) is 33.4 Å². The van der Waals surface area contributed by atoms with Gasteiger partial charge in [-0.15, -0.1) is 0 Å². The first-order chi connectivity index (χ1) is 12.9. The van der Waals surface area contributed by atoms with Crippen LogP contribution in [0.15, 0.2) is 24.3 Å². The summed E-state index contributed by atoms with van der Waals surface area (Å²) in [6, 6.07) is 8.15. The smallest absolute Gasteiger partial charge is 0.317 e. The molecule has 0 spiro atoms. The lowest BCUT2D eigenvalue weighted by atomic mass is 10.0. The number of hydrogen-bond acceptors (Lipinski definition) is 3. The maximum atomic E-state index is 12.8. The molecule has 0 saturated carbocycles. The molecule has 0 bridgehead atoms. The minimum Gasteiger partial charge on any atom is -0.383 e. The zero-order valence-corrected chi connectivity index (χ0v) is 17.0. The lowest BCUT2D eigenvalue weighted by molar-refractivity contribution is -0.135. The second kappa shape index (κ2) is 10.3. The summed E-state index contributed by atoms with van der Waals surface area (Å²) in [5.74, 6) is 0.218. The molecule has 2 rings (SSSR count). The van der Waals surface area contributed by atoms with Gasteiger partial charge < -0.3 is 19.9 Å². The van der Waals surface area contributed by atoms with Gasteiger partial charge in [-0.2, -0.15) is 0 Å². The Bertz CT molecular complexity index is 625. The monoisotopic (exact) mass is 375 g/mol. The van der Waals surface area contributed by atoms with Crippen LogP contribution in [0.2, 0.25) is 0 Å². The van der Waals surface area contributed by atoms with Crippen LogP contribution in [-0.2, 0) is 16.1 Å². The Morgan fingerprint density at radius 2 is 1.93 bits per heavy atom. The van der Waals surface area contributed by atoms with Gasteiger partial charge in [0, 0.05) is 45.2 Å². The van der Waals surface area contributed by atoms with Crippen molar-refractivity contribution in [2.45, 2.75) is 46.2 Å². The molecule has 1 aliphatic heterocycles. The van der Waals surface area contributed by atoms with Crippen molar-refractivity contribution in [2.24, 2.45) is 5.92 Å². The van der Waals surface area contributed by atoms with E-state index < -0.39 is 0 Å². The molecule has 1 fully saturated rings. The number of rotatable bonds is 7. The van der Waals surface area contributed by atoms with Crippen LogP contribution in [-0.4, -0.2) is 61.1 Å². The molecule has 0 radical (unpaired) electrons. The van der Waals surface area contributed by atoms with E-state index in [-0.39, 0.29) is 23.9 Å². The summed E-state index contributed by atoms with van der Waals surface area (Å²) in [6.07, 6.45) is 1.60. The predicted molar refractivity (Wildman–Crippen MR) is 106 cm³/mol. The van der Waals surface area contributed by atoms with Gasteiger partial charge in [-0.1, -0.05) is 38.1 Å². The van der Waals surface area contributed by atoms with Crippen LogP contribution in [0.4, 0.5) is 4.79 Å². The van der Waals surface area contributed by atoms with Gasteiger partial charge in [0.25, 0.3) is 0 Å². The van der Waals surface area contributed by atoms with Crippen LogP contribution in [0.25, 0.3) is 0 Å². The largest absolute Gasteiger partial charge is 0.383 e. The van der Waals surface area contributed by atoms with Crippen molar-refractivity contribution in [1.29, 1.82) is 0 Å². The highest BCUT2D eigenvalue weighted by molar-refractivity contribution is 5.78. The van der Waals surface area contributed by atoms with Crippen molar-refractivity contribution >= 4 is 11.9 Å². The number of methoxy groups -OCH3 is 1. The van der Waals surface area contributed by atoms with Crippen molar-refractivity contribution < 1.29 is 14.3 Å². The molecule has 6 heteroatoms. The third kappa shape index (κ3) is 6.24. The maximum Gasteiger partial charge on any atom is 0.317 e. The number of benzene rings is 1. The van der Waals surface area contributed by atoms with Gasteiger partial charge in [0.05, 0.1) is 6.61 Å². The van der Waals surface area contributed by atoms with E-state index in [2.05, 4.69) is 24.4 Å². The molecule has 6 nitrogen and oxygen atoms in total. The first kappa shape index (κ1) is 21.2. The van der Waals surface area contributed by atoms with E-state index in [4.69, 9.17) is 4.74 Å². The van der Waals surface area contributed by atoms with E-state index in [1.807, 2.05) is 30.9 Å². The first-order valence-corrected chi connectivity index (χ1v) is 9.80. The summed E-state index contributed by atoms with van der Waals surface area (Å²) in [5, 5.41) is 3.15. The van der Waals surface area contributed by atoms with Crippen LogP contribution in [0.3, 0.4) is 0 Å². The molecule has 1 aromatic carbocycles. The highest BCUT2D eigenvalue weighted by Gasteiger charge is 2.26. The fourth-order valence-electron chi connectivity index (χ4n) is 3.32. The van der Waals surface area contributed by atoms with Gasteiger partial charge in [0.15, 0.2) is 0 Å². The number of urea groups is 1. The Labute approximate surface area is 162 Å². The number of amides is 3. The quantitative estimate of drug-likeness (QED) is 0.797. The van der Waals surface area contributed by atoms with Gasteiger partial charge >= 0.3 is 6.03 Å². The SMILES string of the molecule is COCCN(Cc1ccccc1C)C(=O)NC1CCN(C(=O)C(C)C)CC1. The van der Waals surface area contributed by atoms with E-state index in [0.29, 0.717) is 32.8 Å². The molecule has 1 saturated heterocycles. The molecular formula is C21H33N3O3. The van der Waals surface area contributed by atoms with Gasteiger partial charge in [-0.3, -0.25) is 4.79 Å². The van der Waals surface area contributed by atoms with E-state index in [0.717, 1.165) is 18.4 Å². The van der Waals surface area contributed by atoms with E-state index >= 15 is 0 Å². The third-order valence-corrected chi connectivity index (χ3v) is 5.10. The van der Waals surface area contributed by atoms with Crippen LogP contribution >= 0.6 is 0 Å². The lowest BCUT2D eigenvalue weighted by Gasteiger charge is -2.34. The van der Waals surface area contributed by atoms with Crippen LogP contribution in [0, 0.1) is 12.8 Å². The molecule has 1 aliphatic rings. The first-order valence-electron chi connectivity index (χ1n) is 9.80. The topological polar surface area (TPSA) is 61.9 Å². The number of piperidine rings is 1. The van der Waals surface area contributed by atoms with Crippen molar-refractivity contribution in [3.8, 4) is 0 Å². The Morgan fingerprint density at radius 1 is 1.26 bits per heavy atom. The number of nitrogens with zero attached hydrogens (tertiary/aromatic N) is 2. The molecule has 1 N–H and O–H groups in total. The zero-order chi connectivity index (χ0) is 19.8. The Morgan fingerprint density at radius 3 is 2.52 bits per heavy atom. The number of carbonyl (C=O) groups is 2. The highest BCUT2D eigenvalue weighted by Crippen LogP contribution is 2.15. The average molecular weight is 376 g/mol. The molecule has 1 aromatic rings. The average Bonchev–Trinajstić information content (AvgIpc) is 2.66. The van der Waals surface area contributed by atoms with E-state index in [1.165, 1.54) is 5.56 Å². The maximum absolute atomic E-state index is 12.8. The fraction of sp³-hybridized carbons (Fsp3) is 0.619. The van der Waals surface area contributed by atoms with E-state index in [1.54, 1.807) is 12.0 Å². The second-order valence-electron chi connectivity index (χ2n) is 7.54. The zero-order valence-electron chi connectivity index (χ0n) is 17.0. The summed E-state index contributed by atoms with van der Waals surface area (Å²) in [6.45, 7) is 8.93. The molecule has 1 heterocycles. The molecular weight excluding hydrogens is 342 g/mol. The summed E-state index contributed by atoms with van der Waals surface area (Å²) < 4.78 is 5.18. The minimum absolute atomic E-state index is 0.0230.